The zero-order valence-electron chi connectivity index (χ0n) is 22.9. The summed E-state index contributed by atoms with van der Waals surface area (Å²) < 4.78 is 28.8. The summed E-state index contributed by atoms with van der Waals surface area (Å²) in [5, 5.41) is 3.01. The first-order valence-corrected chi connectivity index (χ1v) is 14.9. The first-order chi connectivity index (χ1) is 19.7. The van der Waals surface area contributed by atoms with Crippen LogP contribution in [0.15, 0.2) is 114 Å². The number of benzene rings is 4. The van der Waals surface area contributed by atoms with Crippen LogP contribution in [0.4, 0.5) is 5.69 Å². The second-order valence-corrected chi connectivity index (χ2v) is 11.9. The molecule has 0 aliphatic carbocycles. The van der Waals surface area contributed by atoms with Crippen molar-refractivity contribution in [1.29, 1.82) is 0 Å². The molecule has 4 aromatic rings. The molecule has 1 atom stereocenters. The molecule has 1 unspecified atom stereocenters. The monoisotopic (exact) mass is 589 g/mol. The molecule has 212 valence electrons. The van der Waals surface area contributed by atoms with Gasteiger partial charge in [0.15, 0.2) is 0 Å². The summed E-state index contributed by atoms with van der Waals surface area (Å²) in [6.07, 6.45) is 0.251. The molecule has 4 rings (SSSR count). The number of nitrogens with zero attached hydrogens (tertiary/aromatic N) is 2. The van der Waals surface area contributed by atoms with Crippen molar-refractivity contribution in [2.24, 2.45) is 0 Å². The van der Waals surface area contributed by atoms with E-state index in [2.05, 4.69) is 5.32 Å². The molecule has 0 heterocycles. The zero-order valence-corrected chi connectivity index (χ0v) is 24.5. The van der Waals surface area contributed by atoms with Crippen LogP contribution in [-0.4, -0.2) is 44.8 Å². The van der Waals surface area contributed by atoms with Gasteiger partial charge < -0.3 is 10.2 Å². The molecule has 0 aliphatic rings. The lowest BCUT2D eigenvalue weighted by Crippen LogP contribution is -2.53. The standard InChI is InChI=1S/C32H32ClN3O4S/c1-24-16-18-26(19-17-24)22-35(30(32(38)34-2)20-25-10-5-3-6-11-25)31(37)23-36(28-13-9-12-27(33)21-28)41(39,40)29-14-7-4-8-15-29/h3-19,21,30H,20,22-23H2,1-2H3,(H,34,38). The average molecular weight is 590 g/mol. The molecule has 0 fully saturated rings. The smallest absolute Gasteiger partial charge is 0.264 e. The number of hydrogen-bond acceptors (Lipinski definition) is 4. The quantitative estimate of drug-likeness (QED) is 0.260. The number of amides is 2. The number of sulfonamides is 1. The summed E-state index contributed by atoms with van der Waals surface area (Å²) in [4.78, 5) is 29.0. The van der Waals surface area contributed by atoms with Crippen LogP contribution < -0.4 is 9.62 Å². The molecule has 1 N–H and O–H groups in total. The van der Waals surface area contributed by atoms with Gasteiger partial charge in [-0.15, -0.1) is 0 Å². The first kappa shape index (κ1) is 29.8. The van der Waals surface area contributed by atoms with Crippen LogP contribution in [0, 0.1) is 6.92 Å². The van der Waals surface area contributed by atoms with E-state index in [0.29, 0.717) is 5.02 Å². The van der Waals surface area contributed by atoms with Crippen molar-refractivity contribution in [3.63, 3.8) is 0 Å². The third-order valence-corrected chi connectivity index (χ3v) is 8.72. The molecular weight excluding hydrogens is 558 g/mol. The van der Waals surface area contributed by atoms with Gasteiger partial charge in [-0.1, -0.05) is 96.0 Å². The van der Waals surface area contributed by atoms with Gasteiger partial charge in [0, 0.05) is 25.0 Å². The number of likely N-dealkylation sites (N-methyl/N-ethyl adjacent to an activating group) is 1. The largest absolute Gasteiger partial charge is 0.357 e. The van der Waals surface area contributed by atoms with Crippen molar-refractivity contribution in [1.82, 2.24) is 10.2 Å². The molecule has 9 heteroatoms. The van der Waals surface area contributed by atoms with Crippen molar-refractivity contribution in [2.75, 3.05) is 17.9 Å². The summed E-state index contributed by atoms with van der Waals surface area (Å²) in [5.41, 5.74) is 2.97. The van der Waals surface area contributed by atoms with E-state index >= 15 is 0 Å². The molecule has 2 amide bonds. The Hall–Kier alpha value is -4.14. The average Bonchev–Trinajstić information content (AvgIpc) is 2.99. The van der Waals surface area contributed by atoms with Crippen molar-refractivity contribution < 1.29 is 18.0 Å². The molecule has 0 aromatic heterocycles. The van der Waals surface area contributed by atoms with Crippen molar-refractivity contribution in [3.8, 4) is 0 Å². The van der Waals surface area contributed by atoms with Gasteiger partial charge in [-0.05, 0) is 48.4 Å². The summed E-state index contributed by atoms with van der Waals surface area (Å²) in [7, 11) is -2.64. The Kier molecular flexibility index (Phi) is 9.81. The number of hydrogen-bond donors (Lipinski definition) is 1. The fourth-order valence-corrected chi connectivity index (χ4v) is 6.10. The Morgan fingerprint density at radius 2 is 1.46 bits per heavy atom. The fourth-order valence-electron chi connectivity index (χ4n) is 4.49. The van der Waals surface area contributed by atoms with Crippen molar-refractivity contribution >= 4 is 39.1 Å². The molecule has 7 nitrogen and oxygen atoms in total. The number of aryl methyl sites for hydroxylation is 1. The van der Waals surface area contributed by atoms with E-state index in [1.54, 1.807) is 36.4 Å². The Balaban J connectivity index is 1.78. The Labute approximate surface area is 246 Å². The minimum atomic E-state index is -4.16. The molecule has 0 radical (unpaired) electrons. The maximum Gasteiger partial charge on any atom is 0.264 e. The highest BCUT2D eigenvalue weighted by atomic mass is 35.5. The molecule has 4 aromatic carbocycles. The summed E-state index contributed by atoms with van der Waals surface area (Å²) in [6, 6.07) is 30.4. The molecular formula is C32H32ClN3O4S. The lowest BCUT2D eigenvalue weighted by atomic mass is 10.0. The molecule has 0 aliphatic heterocycles. The van der Waals surface area contributed by atoms with Crippen LogP contribution in [-0.2, 0) is 32.6 Å². The second-order valence-electron chi connectivity index (χ2n) is 9.63. The minimum absolute atomic E-state index is 0.0324. The zero-order chi connectivity index (χ0) is 29.4. The minimum Gasteiger partial charge on any atom is -0.357 e. The highest BCUT2D eigenvalue weighted by Crippen LogP contribution is 2.27. The number of halogens is 1. The third kappa shape index (κ3) is 7.54. The number of carbonyl (C=O) groups is 2. The number of rotatable bonds is 11. The Bertz CT molecular complexity index is 1580. The lowest BCUT2D eigenvalue weighted by molar-refractivity contribution is -0.139. The van der Waals surface area contributed by atoms with Gasteiger partial charge in [-0.25, -0.2) is 8.42 Å². The summed E-state index contributed by atoms with van der Waals surface area (Å²) >= 11 is 6.24. The first-order valence-electron chi connectivity index (χ1n) is 13.1. The number of anilines is 1. The van der Waals surface area contributed by atoms with Crippen molar-refractivity contribution in [2.45, 2.75) is 30.8 Å². The predicted octanol–water partition coefficient (Wildman–Crippen LogP) is 5.23. The van der Waals surface area contributed by atoms with Crippen LogP contribution >= 0.6 is 11.6 Å². The van der Waals surface area contributed by atoms with E-state index in [-0.39, 0.29) is 29.5 Å². The van der Waals surface area contributed by atoms with Crippen LogP contribution in [0.5, 0.6) is 0 Å². The molecule has 0 saturated heterocycles. The highest BCUT2D eigenvalue weighted by molar-refractivity contribution is 7.92. The third-order valence-electron chi connectivity index (χ3n) is 6.70. The maximum absolute atomic E-state index is 14.2. The van der Waals surface area contributed by atoms with Gasteiger partial charge in [-0.2, -0.15) is 0 Å². The van der Waals surface area contributed by atoms with Gasteiger partial charge >= 0.3 is 0 Å². The summed E-state index contributed by atoms with van der Waals surface area (Å²) in [5.74, 6) is -0.885. The normalized spacial score (nSPS) is 11.9. The van der Waals surface area contributed by atoms with E-state index in [1.165, 1.54) is 30.1 Å². The van der Waals surface area contributed by atoms with Gasteiger partial charge in [0.2, 0.25) is 11.8 Å². The molecule has 0 bridgehead atoms. The maximum atomic E-state index is 14.2. The molecule has 0 spiro atoms. The SMILES string of the molecule is CNC(=O)C(Cc1ccccc1)N(Cc1ccc(C)cc1)C(=O)CN(c1cccc(Cl)c1)S(=O)(=O)c1ccccc1. The van der Waals surface area contributed by atoms with Crippen LogP contribution in [0.2, 0.25) is 5.02 Å². The molecule has 41 heavy (non-hydrogen) atoms. The van der Waals surface area contributed by atoms with Crippen LogP contribution in [0.1, 0.15) is 16.7 Å². The van der Waals surface area contributed by atoms with Crippen LogP contribution in [0.3, 0.4) is 0 Å². The van der Waals surface area contributed by atoms with Gasteiger partial charge in [0.25, 0.3) is 10.0 Å². The number of carbonyl (C=O) groups excluding carboxylic acids is 2. The van der Waals surface area contributed by atoms with E-state index in [9.17, 15) is 18.0 Å². The van der Waals surface area contributed by atoms with E-state index in [4.69, 9.17) is 11.6 Å². The summed E-state index contributed by atoms with van der Waals surface area (Å²) in [6.45, 7) is 1.54. The molecule has 0 saturated carbocycles. The fraction of sp³-hybridized carbons (Fsp3) is 0.188. The van der Waals surface area contributed by atoms with E-state index in [0.717, 1.165) is 21.0 Å². The van der Waals surface area contributed by atoms with Gasteiger partial charge in [0.1, 0.15) is 12.6 Å². The highest BCUT2D eigenvalue weighted by Gasteiger charge is 2.34. The van der Waals surface area contributed by atoms with Crippen molar-refractivity contribution in [3.05, 3.63) is 131 Å². The number of nitrogens with one attached hydrogen (secondary N) is 1. The van der Waals surface area contributed by atoms with Gasteiger partial charge in [-0.3, -0.25) is 13.9 Å². The topological polar surface area (TPSA) is 86.8 Å². The Morgan fingerprint density at radius 3 is 2.07 bits per heavy atom. The Morgan fingerprint density at radius 1 is 0.829 bits per heavy atom. The lowest BCUT2D eigenvalue weighted by Gasteiger charge is -2.33. The van der Waals surface area contributed by atoms with E-state index in [1.807, 2.05) is 61.5 Å². The van der Waals surface area contributed by atoms with E-state index < -0.39 is 28.5 Å². The second kappa shape index (κ2) is 13.5. The predicted molar refractivity (Wildman–Crippen MR) is 162 cm³/mol. The van der Waals surface area contributed by atoms with Crippen LogP contribution in [0.25, 0.3) is 0 Å². The van der Waals surface area contributed by atoms with Gasteiger partial charge in [0.05, 0.1) is 10.6 Å².